The maximum absolute atomic E-state index is 12.1. The molecular weight excluding hydrogens is 316 g/mol. The molecule has 0 spiro atoms. The summed E-state index contributed by atoms with van der Waals surface area (Å²) >= 11 is 5.87. The Hall–Kier alpha value is -2.09. The summed E-state index contributed by atoms with van der Waals surface area (Å²) in [6, 6.07) is 9.42. The summed E-state index contributed by atoms with van der Waals surface area (Å²) < 4.78 is 22.5. The lowest BCUT2D eigenvalue weighted by Gasteiger charge is -2.08. The van der Waals surface area contributed by atoms with Crippen LogP contribution in [-0.2, 0) is 10.0 Å². The van der Waals surface area contributed by atoms with Gasteiger partial charge in [-0.2, -0.15) is 0 Å². The van der Waals surface area contributed by atoms with Gasteiger partial charge in [0.1, 0.15) is 5.75 Å². The summed E-state index contributed by atoms with van der Waals surface area (Å²) in [6.07, 6.45) is 0. The predicted molar refractivity (Wildman–Crippen MR) is 78.9 cm³/mol. The number of nitrogens with one attached hydrogen (secondary N) is 1. The summed E-state index contributed by atoms with van der Waals surface area (Å²) in [6.45, 7) is 0. The van der Waals surface area contributed by atoms with Crippen LogP contribution in [0.4, 0.5) is 5.69 Å². The summed E-state index contributed by atoms with van der Waals surface area (Å²) in [5.74, 6) is -0.690. The molecule has 2 rings (SSSR count). The van der Waals surface area contributed by atoms with Gasteiger partial charge >= 0.3 is 0 Å². The van der Waals surface area contributed by atoms with Crippen LogP contribution >= 0.6 is 11.6 Å². The van der Waals surface area contributed by atoms with Crippen LogP contribution in [0.15, 0.2) is 47.4 Å². The van der Waals surface area contributed by atoms with Crippen molar-refractivity contribution < 1.29 is 18.3 Å². The number of halogens is 1. The second-order valence-corrected chi connectivity index (χ2v) is 6.16. The van der Waals surface area contributed by atoms with Gasteiger partial charge < -0.3 is 10.4 Å². The number of sulfonamides is 1. The van der Waals surface area contributed by atoms with Crippen LogP contribution in [-0.4, -0.2) is 19.4 Å². The number of hydrogen-bond donors (Lipinski definition) is 3. The number of rotatable bonds is 3. The van der Waals surface area contributed by atoms with Crippen LogP contribution in [0.25, 0.3) is 0 Å². The molecule has 0 heterocycles. The van der Waals surface area contributed by atoms with Crippen molar-refractivity contribution in [2.45, 2.75) is 4.90 Å². The highest BCUT2D eigenvalue weighted by atomic mass is 35.5. The Balaban J connectivity index is 2.30. The number of primary sulfonamides is 1. The van der Waals surface area contributed by atoms with Gasteiger partial charge in [-0.25, -0.2) is 13.6 Å². The van der Waals surface area contributed by atoms with Crippen molar-refractivity contribution >= 4 is 33.2 Å². The second-order valence-electron chi connectivity index (χ2n) is 4.19. The molecule has 6 nitrogen and oxygen atoms in total. The number of aromatic hydroxyl groups is 1. The summed E-state index contributed by atoms with van der Waals surface area (Å²) in [4.78, 5) is 11.9. The fourth-order valence-corrected chi connectivity index (χ4v) is 2.40. The van der Waals surface area contributed by atoms with E-state index in [4.69, 9.17) is 16.7 Å². The number of anilines is 1. The van der Waals surface area contributed by atoms with Crippen molar-refractivity contribution in [3.05, 3.63) is 53.1 Å². The number of benzene rings is 2. The number of hydrogen-bond acceptors (Lipinski definition) is 4. The number of nitrogens with two attached hydrogens (primary N) is 1. The molecule has 8 heteroatoms. The highest BCUT2D eigenvalue weighted by Gasteiger charge is 2.13. The van der Waals surface area contributed by atoms with Gasteiger partial charge in [0, 0.05) is 5.69 Å². The van der Waals surface area contributed by atoms with Gasteiger partial charge in [-0.15, -0.1) is 0 Å². The smallest absolute Gasteiger partial charge is 0.257 e. The van der Waals surface area contributed by atoms with E-state index in [-0.39, 0.29) is 26.9 Å². The van der Waals surface area contributed by atoms with Crippen molar-refractivity contribution in [3.8, 4) is 5.75 Å². The molecule has 0 aliphatic carbocycles. The molecule has 0 aromatic heterocycles. The Morgan fingerprint density at radius 3 is 2.57 bits per heavy atom. The van der Waals surface area contributed by atoms with Crippen molar-refractivity contribution in [3.63, 3.8) is 0 Å². The summed E-state index contributed by atoms with van der Waals surface area (Å²) in [7, 11) is -3.86. The first-order valence-electron chi connectivity index (χ1n) is 5.70. The fraction of sp³-hybridized carbons (Fsp3) is 0. The quantitative estimate of drug-likeness (QED) is 0.800. The van der Waals surface area contributed by atoms with Gasteiger partial charge in [-0.3, -0.25) is 4.79 Å². The lowest BCUT2D eigenvalue weighted by Crippen LogP contribution is -2.15. The van der Waals surface area contributed by atoms with Gasteiger partial charge in [0.2, 0.25) is 10.0 Å². The third kappa shape index (κ3) is 3.72. The number of phenolic OH excluding ortho intramolecular Hbond substituents is 1. The van der Waals surface area contributed by atoms with Crippen LogP contribution in [0.1, 0.15) is 10.4 Å². The minimum atomic E-state index is -3.86. The molecule has 1 amide bonds. The first-order chi connectivity index (χ1) is 9.77. The molecule has 0 aliphatic heterocycles. The van der Waals surface area contributed by atoms with Crippen LogP contribution in [0.5, 0.6) is 5.75 Å². The van der Waals surface area contributed by atoms with Crippen molar-refractivity contribution in [1.82, 2.24) is 0 Å². The van der Waals surface area contributed by atoms with Crippen LogP contribution < -0.4 is 10.5 Å². The third-order valence-electron chi connectivity index (χ3n) is 2.62. The lowest BCUT2D eigenvalue weighted by atomic mass is 10.2. The molecule has 2 aromatic rings. The van der Waals surface area contributed by atoms with Crippen LogP contribution in [0, 0.1) is 0 Å². The maximum Gasteiger partial charge on any atom is 0.257 e. The number of carbonyl (C=O) groups excluding carboxylic acids is 1. The maximum atomic E-state index is 12.1. The van der Waals surface area contributed by atoms with Crippen molar-refractivity contribution in [2.75, 3.05) is 5.32 Å². The normalized spacial score (nSPS) is 11.1. The molecule has 4 N–H and O–H groups in total. The average Bonchev–Trinajstić information content (AvgIpc) is 2.41. The SMILES string of the molecule is NS(=O)(=O)c1cccc(NC(=O)c2cc(O)ccc2Cl)c1. The topological polar surface area (TPSA) is 109 Å². The van der Waals surface area contributed by atoms with E-state index >= 15 is 0 Å². The highest BCUT2D eigenvalue weighted by Crippen LogP contribution is 2.23. The minimum Gasteiger partial charge on any atom is -0.508 e. The molecule has 21 heavy (non-hydrogen) atoms. The third-order valence-corrected chi connectivity index (χ3v) is 3.86. The standard InChI is InChI=1S/C13H11ClN2O4S/c14-12-5-4-9(17)7-11(12)13(18)16-8-2-1-3-10(6-8)21(15,19)20/h1-7,17H,(H,16,18)(H2,15,19,20). The zero-order valence-corrected chi connectivity index (χ0v) is 12.1. The Labute approximate surface area is 126 Å². The van der Waals surface area contributed by atoms with Gasteiger partial charge in [0.25, 0.3) is 5.91 Å². The van der Waals surface area contributed by atoms with E-state index in [1.165, 1.54) is 42.5 Å². The van der Waals surface area contributed by atoms with Gasteiger partial charge in [-0.1, -0.05) is 17.7 Å². The zero-order chi connectivity index (χ0) is 15.6. The molecule has 0 radical (unpaired) electrons. The number of amides is 1. The Bertz CT molecular complexity index is 806. The van der Waals surface area contributed by atoms with Gasteiger partial charge in [-0.05, 0) is 36.4 Å². The largest absolute Gasteiger partial charge is 0.508 e. The molecule has 0 saturated heterocycles. The summed E-state index contributed by atoms with van der Waals surface area (Å²) in [5, 5.41) is 17.0. The van der Waals surface area contributed by atoms with E-state index in [0.29, 0.717) is 0 Å². The van der Waals surface area contributed by atoms with Crippen LogP contribution in [0.3, 0.4) is 0 Å². The zero-order valence-electron chi connectivity index (χ0n) is 10.6. The van der Waals surface area contributed by atoms with E-state index in [1.807, 2.05) is 0 Å². The molecule has 2 aromatic carbocycles. The number of carbonyl (C=O) groups is 1. The monoisotopic (exact) mass is 326 g/mol. The Morgan fingerprint density at radius 2 is 1.90 bits per heavy atom. The minimum absolute atomic E-state index is 0.0673. The van der Waals surface area contributed by atoms with Crippen LogP contribution in [0.2, 0.25) is 5.02 Å². The summed E-state index contributed by atoms with van der Waals surface area (Å²) in [5.41, 5.74) is 0.309. The van der Waals surface area contributed by atoms with E-state index in [2.05, 4.69) is 5.32 Å². The average molecular weight is 327 g/mol. The molecular formula is C13H11ClN2O4S. The van der Waals surface area contributed by atoms with E-state index in [1.54, 1.807) is 0 Å². The molecule has 0 aliphatic rings. The number of phenols is 1. The van der Waals surface area contributed by atoms with Gasteiger partial charge in [0.05, 0.1) is 15.5 Å². The Kier molecular flexibility index (Phi) is 4.17. The molecule has 0 saturated carbocycles. The molecule has 110 valence electrons. The predicted octanol–water partition coefficient (Wildman–Crippen LogP) is 1.95. The molecule has 0 bridgehead atoms. The van der Waals surface area contributed by atoms with E-state index in [9.17, 15) is 18.3 Å². The van der Waals surface area contributed by atoms with Crippen molar-refractivity contribution in [1.29, 1.82) is 0 Å². The highest BCUT2D eigenvalue weighted by molar-refractivity contribution is 7.89. The van der Waals surface area contributed by atoms with E-state index in [0.717, 1.165) is 0 Å². The molecule has 0 unspecified atom stereocenters. The van der Waals surface area contributed by atoms with Gasteiger partial charge in [0.15, 0.2) is 0 Å². The lowest BCUT2D eigenvalue weighted by molar-refractivity contribution is 0.102. The molecule has 0 atom stereocenters. The first kappa shape index (κ1) is 15.3. The first-order valence-corrected chi connectivity index (χ1v) is 7.62. The second kappa shape index (κ2) is 5.72. The fourth-order valence-electron chi connectivity index (χ4n) is 1.64. The van der Waals surface area contributed by atoms with Crippen molar-refractivity contribution in [2.24, 2.45) is 5.14 Å². The van der Waals surface area contributed by atoms with E-state index < -0.39 is 15.9 Å². The Morgan fingerprint density at radius 1 is 1.19 bits per heavy atom. The molecule has 0 fully saturated rings.